The van der Waals surface area contributed by atoms with Crippen molar-refractivity contribution in [2.45, 2.75) is 44.2 Å². The zero-order chi connectivity index (χ0) is 25.0. The Labute approximate surface area is 203 Å². The van der Waals surface area contributed by atoms with Crippen LogP contribution in [-0.2, 0) is 20.7 Å². The van der Waals surface area contributed by atoms with Crippen LogP contribution in [0.4, 0.5) is 4.79 Å². The van der Waals surface area contributed by atoms with Crippen molar-refractivity contribution in [2.75, 3.05) is 6.61 Å². The molecule has 182 valence electrons. The maximum absolute atomic E-state index is 13.0. The normalized spacial score (nSPS) is 13.4. The quantitative estimate of drug-likeness (QED) is 0.375. The molecule has 8 heteroatoms. The summed E-state index contributed by atoms with van der Waals surface area (Å²) in [5.74, 6) is -1.61. The smallest absolute Gasteiger partial charge is 0.407 e. The van der Waals surface area contributed by atoms with E-state index in [-0.39, 0.29) is 25.4 Å². The molecule has 3 aromatic rings. The van der Waals surface area contributed by atoms with E-state index in [1.54, 1.807) is 26.1 Å². The van der Waals surface area contributed by atoms with Gasteiger partial charge in [-0.25, -0.2) is 4.79 Å². The molecule has 1 unspecified atom stereocenters. The number of carbonyl (C=O) groups is 3. The number of carboxylic acids is 1. The van der Waals surface area contributed by atoms with Crippen molar-refractivity contribution in [1.29, 1.82) is 0 Å². The van der Waals surface area contributed by atoms with E-state index in [0.29, 0.717) is 0 Å². The maximum atomic E-state index is 13.0. The minimum atomic E-state index is -1.03. The molecule has 0 spiro atoms. The first-order chi connectivity index (χ1) is 16.7. The predicted octanol–water partition coefficient (Wildman–Crippen LogP) is 3.83. The molecular formula is C27H29N3O5. The summed E-state index contributed by atoms with van der Waals surface area (Å²) < 4.78 is 5.60. The van der Waals surface area contributed by atoms with Crippen LogP contribution in [0.15, 0.2) is 66.9 Å². The van der Waals surface area contributed by atoms with Gasteiger partial charge in [-0.15, -0.1) is 0 Å². The molecule has 1 aromatic heterocycles. The van der Waals surface area contributed by atoms with Gasteiger partial charge in [-0.2, -0.15) is 0 Å². The van der Waals surface area contributed by atoms with Crippen LogP contribution in [0.3, 0.4) is 0 Å². The number of aromatic amines is 1. The average molecular weight is 476 g/mol. The van der Waals surface area contributed by atoms with Gasteiger partial charge in [-0.1, -0.05) is 48.5 Å². The van der Waals surface area contributed by atoms with Crippen molar-refractivity contribution in [1.82, 2.24) is 15.6 Å². The van der Waals surface area contributed by atoms with Crippen LogP contribution in [0.1, 0.15) is 43.0 Å². The molecule has 0 aliphatic heterocycles. The van der Waals surface area contributed by atoms with E-state index in [1.165, 1.54) is 0 Å². The molecule has 0 saturated carbocycles. The summed E-state index contributed by atoms with van der Waals surface area (Å²) in [7, 11) is 0. The molecule has 0 bridgehead atoms. The van der Waals surface area contributed by atoms with Crippen LogP contribution in [0.5, 0.6) is 0 Å². The van der Waals surface area contributed by atoms with Gasteiger partial charge in [0, 0.05) is 29.8 Å². The second-order valence-electron chi connectivity index (χ2n) is 9.37. The molecule has 1 aliphatic rings. The Hall–Kier alpha value is -4.07. The van der Waals surface area contributed by atoms with E-state index in [4.69, 9.17) is 9.84 Å². The zero-order valence-electron chi connectivity index (χ0n) is 19.7. The first kappa shape index (κ1) is 24.1. The molecule has 1 atom stereocenters. The number of H-pyrrole nitrogens is 1. The van der Waals surface area contributed by atoms with Crippen LogP contribution in [-0.4, -0.2) is 46.2 Å². The number of carboxylic acid groups (broad SMARTS) is 1. The summed E-state index contributed by atoms with van der Waals surface area (Å²) in [5.41, 5.74) is 4.21. The molecule has 0 saturated heterocycles. The number of carbonyl (C=O) groups excluding carboxylic acids is 2. The van der Waals surface area contributed by atoms with Gasteiger partial charge >= 0.3 is 12.1 Å². The molecule has 2 amide bonds. The Bertz CT molecular complexity index is 1170. The number of aliphatic carboxylic acids is 1. The van der Waals surface area contributed by atoms with Crippen LogP contribution >= 0.6 is 0 Å². The lowest BCUT2D eigenvalue weighted by molar-refractivity contribution is -0.138. The Morgan fingerprint density at radius 3 is 2.20 bits per heavy atom. The highest BCUT2D eigenvalue weighted by atomic mass is 16.5. The summed E-state index contributed by atoms with van der Waals surface area (Å²) in [5, 5.41) is 14.5. The largest absolute Gasteiger partial charge is 0.481 e. The highest BCUT2D eigenvalue weighted by Crippen LogP contribution is 2.44. The molecule has 1 heterocycles. The van der Waals surface area contributed by atoms with E-state index in [1.807, 2.05) is 42.5 Å². The summed E-state index contributed by atoms with van der Waals surface area (Å²) >= 11 is 0. The van der Waals surface area contributed by atoms with E-state index < -0.39 is 29.6 Å². The van der Waals surface area contributed by atoms with Crippen molar-refractivity contribution in [3.63, 3.8) is 0 Å². The van der Waals surface area contributed by atoms with Gasteiger partial charge in [0.15, 0.2) is 0 Å². The molecule has 4 rings (SSSR count). The van der Waals surface area contributed by atoms with Gasteiger partial charge < -0.3 is 25.5 Å². The van der Waals surface area contributed by atoms with Crippen molar-refractivity contribution in [3.05, 3.63) is 83.7 Å². The molecule has 8 nitrogen and oxygen atoms in total. The van der Waals surface area contributed by atoms with Crippen molar-refractivity contribution < 1.29 is 24.2 Å². The molecule has 1 aliphatic carbocycles. The van der Waals surface area contributed by atoms with Gasteiger partial charge in [-0.3, -0.25) is 9.59 Å². The molecule has 2 aromatic carbocycles. The molecule has 0 radical (unpaired) electrons. The number of amides is 2. The highest BCUT2D eigenvalue weighted by Gasteiger charge is 2.31. The lowest BCUT2D eigenvalue weighted by Crippen LogP contribution is -2.54. The van der Waals surface area contributed by atoms with Crippen LogP contribution < -0.4 is 10.6 Å². The number of rotatable bonds is 9. The third-order valence-corrected chi connectivity index (χ3v) is 6.09. The lowest BCUT2D eigenvalue weighted by atomic mass is 9.98. The van der Waals surface area contributed by atoms with E-state index in [2.05, 4.69) is 27.8 Å². The van der Waals surface area contributed by atoms with Crippen molar-refractivity contribution in [2.24, 2.45) is 0 Å². The van der Waals surface area contributed by atoms with Gasteiger partial charge in [0.2, 0.25) is 5.91 Å². The number of nitrogens with one attached hydrogen (secondary N) is 3. The summed E-state index contributed by atoms with van der Waals surface area (Å²) in [6.45, 7) is 3.37. The fraction of sp³-hybridized carbons (Fsp3) is 0.296. The third kappa shape index (κ3) is 5.71. The van der Waals surface area contributed by atoms with Crippen molar-refractivity contribution >= 4 is 18.0 Å². The number of aromatic nitrogens is 1. The number of benzene rings is 2. The minimum absolute atomic E-state index is 0.0988. The van der Waals surface area contributed by atoms with Crippen molar-refractivity contribution in [3.8, 4) is 11.1 Å². The van der Waals surface area contributed by atoms with E-state index in [9.17, 15) is 14.4 Å². The Morgan fingerprint density at radius 1 is 1.00 bits per heavy atom. The number of ether oxygens (including phenoxy) is 1. The van der Waals surface area contributed by atoms with Gasteiger partial charge in [0.25, 0.3) is 0 Å². The Morgan fingerprint density at radius 2 is 1.63 bits per heavy atom. The predicted molar refractivity (Wildman–Crippen MR) is 131 cm³/mol. The van der Waals surface area contributed by atoms with Crippen LogP contribution in [0.2, 0.25) is 0 Å². The Kier molecular flexibility index (Phi) is 6.91. The minimum Gasteiger partial charge on any atom is -0.481 e. The highest BCUT2D eigenvalue weighted by molar-refractivity contribution is 5.87. The number of alkyl carbamates (subject to hydrolysis) is 1. The fourth-order valence-electron chi connectivity index (χ4n) is 4.55. The maximum Gasteiger partial charge on any atom is 0.407 e. The second kappa shape index (κ2) is 10.0. The zero-order valence-corrected chi connectivity index (χ0v) is 19.7. The van der Waals surface area contributed by atoms with E-state index in [0.717, 1.165) is 27.9 Å². The van der Waals surface area contributed by atoms with Gasteiger partial charge in [0.05, 0.1) is 6.42 Å². The second-order valence-corrected chi connectivity index (χ2v) is 9.37. The third-order valence-electron chi connectivity index (χ3n) is 6.09. The summed E-state index contributed by atoms with van der Waals surface area (Å²) in [4.78, 5) is 40.0. The topological polar surface area (TPSA) is 121 Å². The number of hydrogen-bond donors (Lipinski definition) is 4. The molecular weight excluding hydrogens is 446 g/mol. The molecule has 4 N–H and O–H groups in total. The first-order valence-electron chi connectivity index (χ1n) is 11.5. The summed E-state index contributed by atoms with van der Waals surface area (Å²) in [6, 6.07) is 18.8. The standard InChI is InChI=1S/C27H29N3O5/c1-27(2,15-24(31)32)30-25(33)23(14-17-8-7-13-28-17)29-26(34)35-16-22-20-11-5-3-9-18(20)19-10-4-6-12-21(19)22/h3-13,22-23,28H,14-16H2,1-2H3,(H,29,34)(H,30,33)(H,31,32). The summed E-state index contributed by atoms with van der Waals surface area (Å²) in [6.07, 6.45) is 0.964. The lowest BCUT2D eigenvalue weighted by Gasteiger charge is -2.27. The molecule has 35 heavy (non-hydrogen) atoms. The number of fused-ring (bicyclic) bond motifs is 3. The Balaban J connectivity index is 1.44. The van der Waals surface area contributed by atoms with E-state index >= 15 is 0 Å². The first-order valence-corrected chi connectivity index (χ1v) is 11.5. The van der Waals surface area contributed by atoms with Gasteiger partial charge in [-0.05, 0) is 48.2 Å². The SMILES string of the molecule is CC(C)(CC(=O)O)NC(=O)C(Cc1ccc[nH]1)NC(=O)OCC1c2ccccc2-c2ccccc21. The fourth-order valence-corrected chi connectivity index (χ4v) is 4.55. The van der Waals surface area contributed by atoms with Crippen LogP contribution in [0, 0.1) is 0 Å². The average Bonchev–Trinajstić information content (AvgIpc) is 3.42. The molecule has 0 fully saturated rings. The monoisotopic (exact) mass is 475 g/mol. The number of hydrogen-bond acceptors (Lipinski definition) is 4. The van der Waals surface area contributed by atoms with Gasteiger partial charge in [0.1, 0.15) is 12.6 Å². The van der Waals surface area contributed by atoms with Crippen LogP contribution in [0.25, 0.3) is 11.1 Å².